The van der Waals surface area contributed by atoms with Gasteiger partial charge in [0.15, 0.2) is 18.3 Å². The number of nitrogens with one attached hydrogen (secondary N) is 3. The Morgan fingerprint density at radius 2 is 1.45 bits per heavy atom. The van der Waals surface area contributed by atoms with Crippen LogP contribution >= 0.6 is 16.1 Å². The van der Waals surface area contributed by atoms with Crippen LogP contribution in [0.2, 0.25) is 0 Å². The Balaban J connectivity index is 1.38. The number of sulfone groups is 2. The molecule has 2 aromatic carbocycles. The number of likely N-dealkylation sites (tertiary alicyclic amines) is 1. The van der Waals surface area contributed by atoms with Crippen molar-refractivity contribution in [3.63, 3.8) is 0 Å². The van der Waals surface area contributed by atoms with Gasteiger partial charge in [-0.2, -0.15) is 4.84 Å². The summed E-state index contributed by atoms with van der Waals surface area (Å²) in [4.78, 5) is 15.9. The van der Waals surface area contributed by atoms with Gasteiger partial charge in [0.05, 0.1) is 32.8 Å². The second kappa shape index (κ2) is 14.7. The van der Waals surface area contributed by atoms with E-state index in [9.17, 15) is 0 Å². The number of hydroxylamine groups is 3. The van der Waals surface area contributed by atoms with Crippen LogP contribution in [-0.4, -0.2) is 85.3 Å². The molecule has 3 fully saturated rings. The molecule has 53 heavy (non-hydrogen) atoms. The smallest absolute Gasteiger partial charge is 0.263 e. The molecule has 4 aromatic rings. The zero-order chi connectivity index (χ0) is 36.7. The third-order valence-electron chi connectivity index (χ3n) is 11.5. The van der Waals surface area contributed by atoms with E-state index in [2.05, 4.69) is 31.8 Å². The van der Waals surface area contributed by atoms with Gasteiger partial charge in [0.25, 0.3) is 4.08 Å². The molecule has 0 aliphatic carbocycles. The summed E-state index contributed by atoms with van der Waals surface area (Å²) in [7, 11) is -9.26. The first-order valence-electron chi connectivity index (χ1n) is 18.5. The highest BCUT2D eigenvalue weighted by Gasteiger charge is 2.73. The number of hydrogen-bond acceptors (Lipinski definition) is 9. The molecule has 2 aromatic heterocycles. The van der Waals surface area contributed by atoms with Gasteiger partial charge in [-0.1, -0.05) is 42.5 Å². The van der Waals surface area contributed by atoms with E-state index in [1.807, 2.05) is 24.5 Å². The van der Waals surface area contributed by atoms with Crippen molar-refractivity contribution in [2.45, 2.75) is 52.1 Å². The standard InChI is InChI=1S/C39H46BrN6O5S2/c40-45-24-17-34-35(26-45)46(27-30-13-20-42-21-14-30,51-36(25-29-11-18-41-19-12-29)38-37-31(15-22-43-37)16-23-44-38)28-39(34,52(47,48)32-7-3-1-4-8-32)53(49,50)33-9-5-2-6-10-33/h1-10,15-17,22-23,26,29-30,36,41-43H,11-14,18-21,24-25,27-28H2/q+1. The number of nitrogens with zero attached hydrogens (tertiary/aromatic N) is 3. The van der Waals surface area contributed by atoms with E-state index in [-0.39, 0.29) is 39.0 Å². The van der Waals surface area contributed by atoms with E-state index in [1.165, 1.54) is 24.3 Å². The minimum atomic E-state index is -4.63. The van der Waals surface area contributed by atoms with Gasteiger partial charge in [-0.3, -0.25) is 4.98 Å². The molecule has 0 amide bonds. The van der Waals surface area contributed by atoms with Gasteiger partial charge in [0, 0.05) is 46.4 Å². The summed E-state index contributed by atoms with van der Waals surface area (Å²) in [6.07, 6.45) is 11.0. The maximum absolute atomic E-state index is 15.5. The monoisotopic (exact) mass is 821 g/mol. The summed E-state index contributed by atoms with van der Waals surface area (Å²) < 4.78 is 61.2. The lowest BCUT2D eigenvalue weighted by Crippen LogP contribution is -2.56. The van der Waals surface area contributed by atoms with Gasteiger partial charge >= 0.3 is 0 Å². The van der Waals surface area contributed by atoms with Crippen molar-refractivity contribution in [1.82, 2.24) is 24.5 Å². The van der Waals surface area contributed by atoms with Crippen molar-refractivity contribution in [3.8, 4) is 0 Å². The maximum atomic E-state index is 15.5. The van der Waals surface area contributed by atoms with E-state index < -0.39 is 29.9 Å². The molecular formula is C39H46BrN6O5S2+. The van der Waals surface area contributed by atoms with Crippen LogP contribution in [0.3, 0.4) is 0 Å². The molecule has 4 aliphatic rings. The third-order valence-corrected chi connectivity index (χ3v) is 17.5. The number of benzene rings is 2. The molecular weight excluding hydrogens is 777 g/mol. The first-order valence-corrected chi connectivity index (χ1v) is 22.2. The van der Waals surface area contributed by atoms with Crippen LogP contribution in [0.5, 0.6) is 0 Å². The van der Waals surface area contributed by atoms with E-state index in [1.54, 1.807) is 52.6 Å². The van der Waals surface area contributed by atoms with Crippen LogP contribution in [0, 0.1) is 11.8 Å². The second-order valence-corrected chi connectivity index (χ2v) is 20.2. The average Bonchev–Trinajstić information content (AvgIpc) is 3.78. The minimum absolute atomic E-state index is 0.0491. The molecule has 4 aliphatic heterocycles. The number of aromatic amines is 1. The van der Waals surface area contributed by atoms with Crippen molar-refractivity contribution in [2.24, 2.45) is 11.8 Å². The number of aromatic nitrogens is 2. The van der Waals surface area contributed by atoms with Gasteiger partial charge in [0.2, 0.25) is 19.7 Å². The summed E-state index contributed by atoms with van der Waals surface area (Å²) in [5.74, 6) is 0.455. The van der Waals surface area contributed by atoms with Crippen molar-refractivity contribution < 1.29 is 26.3 Å². The largest absolute Gasteiger partial charge is 0.360 e. The Morgan fingerprint density at radius 1 is 0.849 bits per heavy atom. The predicted octanol–water partition coefficient (Wildman–Crippen LogP) is 5.79. The average molecular weight is 823 g/mol. The molecule has 6 heterocycles. The van der Waals surface area contributed by atoms with Crippen LogP contribution in [0.25, 0.3) is 10.9 Å². The normalized spacial score (nSPS) is 23.4. The van der Waals surface area contributed by atoms with Crippen molar-refractivity contribution >= 4 is 46.7 Å². The molecule has 14 heteroatoms. The molecule has 8 rings (SSSR count). The summed E-state index contributed by atoms with van der Waals surface area (Å²) in [5, 5.41) is 7.93. The number of quaternary nitrogens is 1. The van der Waals surface area contributed by atoms with Crippen molar-refractivity contribution in [2.75, 3.05) is 45.8 Å². The van der Waals surface area contributed by atoms with Crippen LogP contribution in [0.15, 0.2) is 119 Å². The summed E-state index contributed by atoms with van der Waals surface area (Å²) >= 11 is 3.66. The van der Waals surface area contributed by atoms with Gasteiger partial charge in [-0.05, 0) is 101 Å². The van der Waals surface area contributed by atoms with Gasteiger partial charge in [-0.25, -0.2) is 16.8 Å². The number of pyridine rings is 1. The Morgan fingerprint density at radius 3 is 2.08 bits per heavy atom. The van der Waals surface area contributed by atoms with Gasteiger partial charge in [-0.15, -0.1) is 4.65 Å². The third kappa shape index (κ3) is 6.49. The number of piperidine rings is 2. The fraction of sp³-hybridized carbons (Fsp3) is 0.410. The quantitative estimate of drug-likeness (QED) is 0.127. The van der Waals surface area contributed by atoms with Crippen molar-refractivity contribution in [1.29, 1.82) is 0 Å². The predicted molar refractivity (Wildman–Crippen MR) is 208 cm³/mol. The van der Waals surface area contributed by atoms with E-state index in [4.69, 9.17) is 9.82 Å². The summed E-state index contributed by atoms with van der Waals surface area (Å²) in [5.41, 5.74) is 2.38. The Hall–Kier alpha value is -3.37. The zero-order valence-electron chi connectivity index (χ0n) is 29.5. The number of hydrogen-bond donors (Lipinski definition) is 3. The van der Waals surface area contributed by atoms with E-state index in [0.717, 1.165) is 68.5 Å². The lowest BCUT2D eigenvalue weighted by molar-refractivity contribution is -1.08. The summed E-state index contributed by atoms with van der Waals surface area (Å²) in [6.45, 7) is 3.74. The highest BCUT2D eigenvalue weighted by Crippen LogP contribution is 2.56. The fourth-order valence-corrected chi connectivity index (χ4v) is 14.4. The molecule has 0 saturated carbocycles. The van der Waals surface area contributed by atoms with E-state index in [0.29, 0.717) is 24.6 Å². The number of allylic oxidation sites excluding steroid dienone is 1. The Kier molecular flexibility index (Phi) is 10.2. The molecule has 3 saturated heterocycles. The van der Waals surface area contributed by atoms with Crippen molar-refractivity contribution in [3.05, 3.63) is 114 Å². The molecule has 2 unspecified atom stereocenters. The van der Waals surface area contributed by atoms with Gasteiger partial charge < -0.3 is 19.5 Å². The van der Waals surface area contributed by atoms with Crippen LogP contribution in [0.4, 0.5) is 0 Å². The summed E-state index contributed by atoms with van der Waals surface area (Å²) in [6, 6.07) is 20.0. The molecule has 0 spiro atoms. The topological polar surface area (TPSA) is 133 Å². The molecule has 3 N–H and O–H groups in total. The molecule has 0 radical (unpaired) electrons. The highest BCUT2D eigenvalue weighted by atomic mass is 79.9. The second-order valence-electron chi connectivity index (χ2n) is 14.7. The van der Waals surface area contributed by atoms with E-state index >= 15 is 16.8 Å². The fourth-order valence-electron chi connectivity index (χ4n) is 8.80. The van der Waals surface area contributed by atoms with Crippen LogP contribution in [0.1, 0.15) is 43.9 Å². The first-order chi connectivity index (χ1) is 25.6. The molecule has 280 valence electrons. The minimum Gasteiger partial charge on any atom is -0.360 e. The molecule has 0 bridgehead atoms. The Bertz CT molecular complexity index is 2150. The first kappa shape index (κ1) is 36.6. The number of fused-ring (bicyclic) bond motifs is 2. The lowest BCUT2D eigenvalue weighted by Gasteiger charge is -2.40. The van der Waals surface area contributed by atoms with Crippen LogP contribution < -0.4 is 10.6 Å². The SMILES string of the molecule is O=S(=O)(c1ccccc1)C1(S(=O)(=O)c2ccccc2)C[N+](CC2CCNCC2)(OC(CC2CCNCC2)c2nccc3cc[nH]c23)C2=CN(Br)CC=C21. The lowest BCUT2D eigenvalue weighted by atomic mass is 9.90. The molecule has 11 nitrogen and oxygen atoms in total. The maximum Gasteiger partial charge on any atom is 0.263 e. The number of halogens is 1. The van der Waals surface area contributed by atoms with Gasteiger partial charge in [0.1, 0.15) is 6.54 Å². The Labute approximate surface area is 320 Å². The highest BCUT2D eigenvalue weighted by molar-refractivity contribution is 9.07. The number of H-pyrrole nitrogens is 1. The van der Waals surface area contributed by atoms with Crippen LogP contribution in [-0.2, 0) is 24.5 Å². The molecule has 2 atom stereocenters. The number of rotatable bonds is 11. The zero-order valence-corrected chi connectivity index (χ0v) is 32.8.